The van der Waals surface area contributed by atoms with Crippen molar-refractivity contribution in [1.29, 1.82) is 0 Å². The van der Waals surface area contributed by atoms with E-state index in [9.17, 15) is 4.79 Å². The fourth-order valence-electron chi connectivity index (χ4n) is 3.00. The summed E-state index contributed by atoms with van der Waals surface area (Å²) in [6.45, 7) is 4.07. The Bertz CT molecular complexity index is 1150. The van der Waals surface area contributed by atoms with Gasteiger partial charge in [0, 0.05) is 34.9 Å². The van der Waals surface area contributed by atoms with Gasteiger partial charge in [0.15, 0.2) is 0 Å². The van der Waals surface area contributed by atoms with Crippen molar-refractivity contribution in [2.45, 2.75) is 13.8 Å². The zero-order valence-corrected chi connectivity index (χ0v) is 16.9. The van der Waals surface area contributed by atoms with Gasteiger partial charge in [-0.05, 0) is 49.7 Å². The molecule has 3 aromatic carbocycles. The van der Waals surface area contributed by atoms with Crippen molar-refractivity contribution in [3.05, 3.63) is 102 Å². The number of aromatic nitrogens is 2. The van der Waals surface area contributed by atoms with E-state index in [1.807, 2.05) is 43.3 Å². The number of nitrogens with zero attached hydrogens (tertiary/aromatic N) is 2. The van der Waals surface area contributed by atoms with Gasteiger partial charge < -0.3 is 10.6 Å². The van der Waals surface area contributed by atoms with Gasteiger partial charge in [0.2, 0.25) is 5.95 Å². The Morgan fingerprint density at radius 3 is 2.03 bits per heavy atom. The summed E-state index contributed by atoms with van der Waals surface area (Å²) in [7, 11) is 0. The molecule has 0 saturated heterocycles. The van der Waals surface area contributed by atoms with E-state index in [1.165, 1.54) is 5.56 Å². The van der Waals surface area contributed by atoms with Crippen molar-refractivity contribution in [2.24, 2.45) is 0 Å². The average Bonchev–Trinajstić information content (AvgIpc) is 2.77. The van der Waals surface area contributed by atoms with Crippen LogP contribution in [0.2, 0.25) is 0 Å². The first-order valence-electron chi connectivity index (χ1n) is 9.71. The molecule has 4 aromatic rings. The number of hydrogen-bond acceptors (Lipinski definition) is 4. The van der Waals surface area contributed by atoms with Crippen LogP contribution >= 0.6 is 0 Å². The second-order valence-corrected chi connectivity index (χ2v) is 7.19. The fourth-order valence-corrected chi connectivity index (χ4v) is 3.00. The summed E-state index contributed by atoms with van der Waals surface area (Å²) in [4.78, 5) is 21.4. The van der Waals surface area contributed by atoms with Crippen LogP contribution in [0.5, 0.6) is 0 Å². The van der Waals surface area contributed by atoms with Crippen LogP contribution in [0.4, 0.5) is 17.3 Å². The lowest BCUT2D eigenvalue weighted by Gasteiger charge is -2.09. The van der Waals surface area contributed by atoms with E-state index in [-0.39, 0.29) is 5.91 Å². The Balaban J connectivity index is 1.45. The van der Waals surface area contributed by atoms with E-state index < -0.39 is 0 Å². The summed E-state index contributed by atoms with van der Waals surface area (Å²) in [6, 6.07) is 23.2. The monoisotopic (exact) mass is 394 g/mol. The third-order valence-electron chi connectivity index (χ3n) is 4.73. The molecule has 0 aliphatic carbocycles. The summed E-state index contributed by atoms with van der Waals surface area (Å²) in [5.41, 5.74) is 6.44. The van der Waals surface area contributed by atoms with Gasteiger partial charge in [-0.3, -0.25) is 4.79 Å². The molecule has 0 saturated carbocycles. The number of carbonyl (C=O) groups is 1. The van der Waals surface area contributed by atoms with Gasteiger partial charge >= 0.3 is 0 Å². The number of benzene rings is 3. The highest BCUT2D eigenvalue weighted by Gasteiger charge is 2.08. The summed E-state index contributed by atoms with van der Waals surface area (Å²) < 4.78 is 0. The van der Waals surface area contributed by atoms with Crippen molar-refractivity contribution >= 4 is 23.2 Å². The van der Waals surface area contributed by atoms with Gasteiger partial charge in [-0.2, -0.15) is 0 Å². The van der Waals surface area contributed by atoms with Gasteiger partial charge in [-0.1, -0.05) is 53.6 Å². The normalized spacial score (nSPS) is 10.5. The molecule has 148 valence electrons. The topological polar surface area (TPSA) is 66.9 Å². The molecule has 0 radical (unpaired) electrons. The molecule has 0 aliphatic rings. The zero-order valence-electron chi connectivity index (χ0n) is 16.9. The highest BCUT2D eigenvalue weighted by molar-refractivity contribution is 6.04. The Labute approximate surface area is 175 Å². The maximum absolute atomic E-state index is 12.6. The number of carbonyl (C=O) groups excluding carboxylic acids is 1. The predicted octanol–water partition coefficient (Wildman–Crippen LogP) is 5.76. The van der Waals surface area contributed by atoms with E-state index in [2.05, 4.69) is 51.8 Å². The number of amides is 1. The number of aryl methyl sites for hydroxylation is 2. The number of anilines is 3. The van der Waals surface area contributed by atoms with Gasteiger partial charge in [0.05, 0.1) is 0 Å². The molecule has 0 fully saturated rings. The molecular formula is C25H22N4O. The van der Waals surface area contributed by atoms with E-state index in [0.29, 0.717) is 11.5 Å². The Morgan fingerprint density at radius 2 is 1.37 bits per heavy atom. The Morgan fingerprint density at radius 1 is 0.733 bits per heavy atom. The van der Waals surface area contributed by atoms with Crippen LogP contribution < -0.4 is 10.6 Å². The van der Waals surface area contributed by atoms with Crippen LogP contribution in [0.15, 0.2) is 85.2 Å². The zero-order chi connectivity index (χ0) is 20.9. The second-order valence-electron chi connectivity index (χ2n) is 7.19. The van der Waals surface area contributed by atoms with Crippen LogP contribution in [0.3, 0.4) is 0 Å². The molecule has 0 atom stereocenters. The summed E-state index contributed by atoms with van der Waals surface area (Å²) >= 11 is 0. The maximum Gasteiger partial charge on any atom is 0.255 e. The van der Waals surface area contributed by atoms with Crippen molar-refractivity contribution < 1.29 is 4.79 Å². The first kappa shape index (κ1) is 19.3. The fraction of sp³-hybridized carbons (Fsp3) is 0.0800. The first-order chi connectivity index (χ1) is 14.6. The molecule has 0 unspecified atom stereocenters. The molecular weight excluding hydrogens is 372 g/mol. The third-order valence-corrected chi connectivity index (χ3v) is 4.73. The third kappa shape index (κ3) is 4.70. The molecule has 30 heavy (non-hydrogen) atoms. The van der Waals surface area contributed by atoms with E-state index in [4.69, 9.17) is 0 Å². The molecule has 1 aromatic heterocycles. The Hall–Kier alpha value is -3.99. The molecule has 0 spiro atoms. The number of hydrogen-bond donors (Lipinski definition) is 2. The summed E-state index contributed by atoms with van der Waals surface area (Å²) in [6.07, 6.45) is 3.57. The van der Waals surface area contributed by atoms with Gasteiger partial charge in [-0.15, -0.1) is 0 Å². The highest BCUT2D eigenvalue weighted by Crippen LogP contribution is 2.21. The lowest BCUT2D eigenvalue weighted by molar-refractivity contribution is 0.102. The SMILES string of the molecule is Cc1ccc(NC(=O)c2cccc(Nc3ncc(-c4ccc(C)cc4)cn3)c2)cc1. The van der Waals surface area contributed by atoms with Crippen molar-refractivity contribution in [1.82, 2.24) is 9.97 Å². The minimum atomic E-state index is -0.168. The lowest BCUT2D eigenvalue weighted by atomic mass is 10.1. The molecule has 1 amide bonds. The smallest absolute Gasteiger partial charge is 0.255 e. The van der Waals surface area contributed by atoms with Crippen LogP contribution in [0.1, 0.15) is 21.5 Å². The second kappa shape index (κ2) is 8.57. The average molecular weight is 394 g/mol. The molecule has 2 N–H and O–H groups in total. The van der Waals surface area contributed by atoms with Gasteiger partial charge in [0.1, 0.15) is 0 Å². The first-order valence-corrected chi connectivity index (χ1v) is 9.71. The largest absolute Gasteiger partial charge is 0.324 e. The minimum Gasteiger partial charge on any atom is -0.324 e. The summed E-state index contributed by atoms with van der Waals surface area (Å²) in [5, 5.41) is 6.06. The molecule has 0 aliphatic heterocycles. The minimum absolute atomic E-state index is 0.168. The van der Waals surface area contributed by atoms with Gasteiger partial charge in [-0.25, -0.2) is 9.97 Å². The Kier molecular flexibility index (Phi) is 5.52. The molecule has 1 heterocycles. The standard InChI is InChI=1S/C25H22N4O/c1-17-6-10-19(11-7-17)21-15-26-25(27-16-21)29-23-5-3-4-20(14-23)24(30)28-22-12-8-18(2)9-13-22/h3-16H,1-2H3,(H,28,30)(H,26,27,29). The number of rotatable bonds is 5. The molecule has 4 rings (SSSR count). The van der Waals surface area contributed by atoms with Crippen molar-refractivity contribution in [2.75, 3.05) is 10.6 Å². The number of nitrogens with one attached hydrogen (secondary N) is 2. The van der Waals surface area contributed by atoms with Gasteiger partial charge in [0.25, 0.3) is 5.91 Å². The van der Waals surface area contributed by atoms with E-state index in [1.54, 1.807) is 24.5 Å². The van der Waals surface area contributed by atoms with Crippen LogP contribution in [-0.2, 0) is 0 Å². The predicted molar refractivity (Wildman–Crippen MR) is 121 cm³/mol. The molecule has 5 nitrogen and oxygen atoms in total. The lowest BCUT2D eigenvalue weighted by Crippen LogP contribution is -2.12. The maximum atomic E-state index is 12.6. The van der Waals surface area contributed by atoms with Crippen molar-refractivity contribution in [3.63, 3.8) is 0 Å². The van der Waals surface area contributed by atoms with Crippen LogP contribution in [0.25, 0.3) is 11.1 Å². The molecule has 0 bridgehead atoms. The quantitative estimate of drug-likeness (QED) is 0.452. The van der Waals surface area contributed by atoms with E-state index >= 15 is 0 Å². The summed E-state index contributed by atoms with van der Waals surface area (Å²) in [5.74, 6) is 0.306. The highest BCUT2D eigenvalue weighted by atomic mass is 16.1. The van der Waals surface area contributed by atoms with Crippen LogP contribution in [-0.4, -0.2) is 15.9 Å². The molecule has 5 heteroatoms. The van der Waals surface area contributed by atoms with Crippen LogP contribution in [0, 0.1) is 13.8 Å². The van der Waals surface area contributed by atoms with E-state index in [0.717, 1.165) is 28.1 Å². The van der Waals surface area contributed by atoms with Crippen molar-refractivity contribution in [3.8, 4) is 11.1 Å².